The van der Waals surface area contributed by atoms with Crippen LogP contribution >= 0.6 is 11.3 Å². The molecule has 1 aliphatic rings. The maximum atomic E-state index is 5.62. The summed E-state index contributed by atoms with van der Waals surface area (Å²) in [6.07, 6.45) is 2.50. The van der Waals surface area contributed by atoms with E-state index in [0.29, 0.717) is 6.10 Å². The van der Waals surface area contributed by atoms with Gasteiger partial charge in [0.05, 0.1) is 23.9 Å². The average molecular weight is 241 g/mol. The molecule has 2 N–H and O–H groups in total. The standard InChI is InChI=1S/C11H19N3OS/c1(10-8-16-9-14-10)3-12-4-2-11-7-13-5-6-15-11/h8-9,11-13H,1-7H2. The predicted molar refractivity (Wildman–Crippen MR) is 65.9 cm³/mol. The minimum atomic E-state index is 0.389. The lowest BCUT2D eigenvalue weighted by atomic mass is 10.2. The monoisotopic (exact) mass is 241 g/mol. The Labute approximate surface area is 100 Å². The summed E-state index contributed by atoms with van der Waals surface area (Å²) >= 11 is 1.66. The molecule has 4 nitrogen and oxygen atoms in total. The molecule has 0 amide bonds. The number of rotatable bonds is 6. The van der Waals surface area contributed by atoms with E-state index < -0.39 is 0 Å². The lowest BCUT2D eigenvalue weighted by molar-refractivity contribution is 0.0239. The first-order chi connectivity index (χ1) is 7.95. The van der Waals surface area contributed by atoms with Crippen molar-refractivity contribution in [1.29, 1.82) is 0 Å². The van der Waals surface area contributed by atoms with Crippen LogP contribution in [0.5, 0.6) is 0 Å². The third kappa shape index (κ3) is 4.17. The zero-order chi connectivity index (χ0) is 11.1. The number of hydrogen-bond donors (Lipinski definition) is 2. The van der Waals surface area contributed by atoms with Gasteiger partial charge >= 0.3 is 0 Å². The van der Waals surface area contributed by atoms with Crippen LogP contribution in [0, 0.1) is 0 Å². The van der Waals surface area contributed by atoms with Crippen LogP contribution in [-0.4, -0.2) is 43.9 Å². The van der Waals surface area contributed by atoms with Crippen LogP contribution in [0.25, 0.3) is 0 Å². The lowest BCUT2D eigenvalue weighted by Crippen LogP contribution is -2.40. The smallest absolute Gasteiger partial charge is 0.0794 e. The molecule has 1 aliphatic heterocycles. The summed E-state index contributed by atoms with van der Waals surface area (Å²) in [5.41, 5.74) is 3.07. The van der Waals surface area contributed by atoms with E-state index in [1.54, 1.807) is 11.3 Å². The fourth-order valence-electron chi connectivity index (χ4n) is 1.77. The van der Waals surface area contributed by atoms with Crippen LogP contribution in [0.1, 0.15) is 12.1 Å². The maximum Gasteiger partial charge on any atom is 0.0794 e. The molecular weight excluding hydrogens is 222 g/mol. The van der Waals surface area contributed by atoms with Crippen molar-refractivity contribution in [3.05, 3.63) is 16.6 Å². The molecule has 1 unspecified atom stereocenters. The van der Waals surface area contributed by atoms with Gasteiger partial charge in [0.1, 0.15) is 0 Å². The van der Waals surface area contributed by atoms with Crippen molar-refractivity contribution in [2.45, 2.75) is 18.9 Å². The first-order valence-corrected chi connectivity index (χ1v) is 6.79. The molecule has 16 heavy (non-hydrogen) atoms. The summed E-state index contributed by atoms with van der Waals surface area (Å²) < 4.78 is 5.62. The van der Waals surface area contributed by atoms with Gasteiger partial charge < -0.3 is 15.4 Å². The topological polar surface area (TPSA) is 46.2 Å². The summed E-state index contributed by atoms with van der Waals surface area (Å²) in [4.78, 5) is 4.25. The van der Waals surface area contributed by atoms with Crippen molar-refractivity contribution >= 4 is 11.3 Å². The van der Waals surface area contributed by atoms with E-state index >= 15 is 0 Å². The van der Waals surface area contributed by atoms with Crippen LogP contribution in [0.15, 0.2) is 10.9 Å². The fraction of sp³-hybridized carbons (Fsp3) is 0.727. The van der Waals surface area contributed by atoms with E-state index in [1.807, 2.05) is 5.51 Å². The predicted octanol–water partition coefficient (Wildman–Crippen LogP) is 0.654. The molecule has 1 saturated heterocycles. The third-order valence-electron chi connectivity index (χ3n) is 2.69. The number of nitrogens with one attached hydrogen (secondary N) is 2. The SMILES string of the molecule is c1nc(CCNCCC2CNCCO2)cs1. The molecular formula is C11H19N3OS. The molecule has 0 spiro atoms. The Bertz CT molecular complexity index is 273. The molecule has 5 heteroatoms. The quantitative estimate of drug-likeness (QED) is 0.718. The molecule has 0 aromatic carbocycles. The normalized spacial score (nSPS) is 21.1. The number of nitrogens with zero attached hydrogens (tertiary/aromatic N) is 1. The minimum Gasteiger partial charge on any atom is -0.376 e. The Morgan fingerprint density at radius 2 is 2.56 bits per heavy atom. The Hall–Kier alpha value is -0.490. The van der Waals surface area contributed by atoms with Gasteiger partial charge in [0.2, 0.25) is 0 Å². The second-order valence-corrected chi connectivity index (χ2v) is 4.68. The number of hydrogen-bond acceptors (Lipinski definition) is 5. The van der Waals surface area contributed by atoms with E-state index in [9.17, 15) is 0 Å². The van der Waals surface area contributed by atoms with E-state index in [2.05, 4.69) is 21.0 Å². The molecule has 0 saturated carbocycles. The van der Waals surface area contributed by atoms with Gasteiger partial charge in [-0.1, -0.05) is 0 Å². The molecule has 0 bridgehead atoms. The summed E-state index contributed by atoms with van der Waals surface area (Å²) in [5.74, 6) is 0. The van der Waals surface area contributed by atoms with Gasteiger partial charge in [0, 0.05) is 31.4 Å². The summed E-state index contributed by atoms with van der Waals surface area (Å²) in [6, 6.07) is 0. The molecule has 1 aromatic heterocycles. The number of morpholine rings is 1. The summed E-state index contributed by atoms with van der Waals surface area (Å²) in [5, 5.41) is 8.87. The number of ether oxygens (including phenoxy) is 1. The second kappa shape index (κ2) is 6.96. The van der Waals surface area contributed by atoms with Crippen LogP contribution in [0.4, 0.5) is 0 Å². The first kappa shape index (κ1) is 12.0. The van der Waals surface area contributed by atoms with Crippen LogP contribution in [0.3, 0.4) is 0 Å². The first-order valence-electron chi connectivity index (χ1n) is 5.85. The van der Waals surface area contributed by atoms with Crippen molar-refractivity contribution in [3.63, 3.8) is 0 Å². The van der Waals surface area contributed by atoms with Crippen molar-refractivity contribution in [2.24, 2.45) is 0 Å². The average Bonchev–Trinajstić information content (AvgIpc) is 2.83. The number of aromatic nitrogens is 1. The minimum absolute atomic E-state index is 0.389. The van der Waals surface area contributed by atoms with Gasteiger partial charge in [-0.3, -0.25) is 0 Å². The maximum absolute atomic E-state index is 5.62. The van der Waals surface area contributed by atoms with E-state index in [4.69, 9.17) is 4.74 Å². The van der Waals surface area contributed by atoms with Crippen LogP contribution in [-0.2, 0) is 11.2 Å². The number of thiazole rings is 1. The molecule has 0 radical (unpaired) electrons. The largest absolute Gasteiger partial charge is 0.376 e. The summed E-state index contributed by atoms with van der Waals surface area (Å²) in [7, 11) is 0. The fourth-order valence-corrected chi connectivity index (χ4v) is 2.36. The van der Waals surface area contributed by atoms with Crippen molar-refractivity contribution in [2.75, 3.05) is 32.8 Å². The van der Waals surface area contributed by atoms with Gasteiger partial charge in [-0.15, -0.1) is 11.3 Å². The van der Waals surface area contributed by atoms with Crippen LogP contribution < -0.4 is 10.6 Å². The Kier molecular flexibility index (Phi) is 5.21. The Morgan fingerprint density at radius 3 is 3.31 bits per heavy atom. The molecule has 90 valence electrons. The van der Waals surface area contributed by atoms with E-state index in [0.717, 1.165) is 45.6 Å². The Morgan fingerprint density at radius 1 is 1.56 bits per heavy atom. The highest BCUT2D eigenvalue weighted by molar-refractivity contribution is 7.07. The zero-order valence-corrected chi connectivity index (χ0v) is 10.3. The highest BCUT2D eigenvalue weighted by atomic mass is 32.1. The lowest BCUT2D eigenvalue weighted by Gasteiger charge is -2.23. The van der Waals surface area contributed by atoms with E-state index in [-0.39, 0.29) is 0 Å². The third-order valence-corrected chi connectivity index (χ3v) is 3.32. The zero-order valence-electron chi connectivity index (χ0n) is 9.45. The van der Waals surface area contributed by atoms with Crippen molar-refractivity contribution in [1.82, 2.24) is 15.6 Å². The van der Waals surface area contributed by atoms with Gasteiger partial charge in [0.25, 0.3) is 0 Å². The molecule has 1 atom stereocenters. The molecule has 0 aliphatic carbocycles. The molecule has 2 heterocycles. The Balaban J connectivity index is 1.48. The molecule has 1 aromatic rings. The highest BCUT2D eigenvalue weighted by Gasteiger charge is 2.11. The second-order valence-electron chi connectivity index (χ2n) is 3.97. The van der Waals surface area contributed by atoms with Gasteiger partial charge in [0.15, 0.2) is 0 Å². The van der Waals surface area contributed by atoms with Crippen molar-refractivity contribution in [3.8, 4) is 0 Å². The molecule has 2 rings (SSSR count). The molecule has 1 fully saturated rings. The van der Waals surface area contributed by atoms with Crippen LogP contribution in [0.2, 0.25) is 0 Å². The van der Waals surface area contributed by atoms with Gasteiger partial charge in [-0.2, -0.15) is 0 Å². The highest BCUT2D eigenvalue weighted by Crippen LogP contribution is 2.01. The van der Waals surface area contributed by atoms with Gasteiger partial charge in [-0.25, -0.2) is 4.98 Å². The van der Waals surface area contributed by atoms with E-state index in [1.165, 1.54) is 5.69 Å². The summed E-state index contributed by atoms with van der Waals surface area (Å²) in [6.45, 7) is 4.87. The van der Waals surface area contributed by atoms with Gasteiger partial charge in [-0.05, 0) is 13.0 Å². The van der Waals surface area contributed by atoms with Crippen molar-refractivity contribution < 1.29 is 4.74 Å².